The Morgan fingerprint density at radius 1 is 1.07 bits per heavy atom. The van der Waals surface area contributed by atoms with E-state index in [1.54, 1.807) is 12.4 Å². The van der Waals surface area contributed by atoms with Gasteiger partial charge in [-0.2, -0.15) is 0 Å². The molecule has 0 saturated heterocycles. The Hall–Kier alpha value is -2.67. The van der Waals surface area contributed by atoms with Crippen molar-refractivity contribution in [3.8, 4) is 0 Å². The van der Waals surface area contributed by atoms with Crippen LogP contribution in [0.2, 0.25) is 0 Å². The first-order chi connectivity index (χ1) is 13.2. The molecule has 7 heteroatoms. The molecule has 1 fully saturated rings. The van der Waals surface area contributed by atoms with E-state index in [1.807, 2.05) is 42.5 Å². The first kappa shape index (κ1) is 17.7. The van der Waals surface area contributed by atoms with Gasteiger partial charge < -0.3 is 15.4 Å². The van der Waals surface area contributed by atoms with Gasteiger partial charge in [-0.25, -0.2) is 4.79 Å². The Balaban J connectivity index is 1.25. The molecule has 138 valence electrons. The molecule has 1 saturated carbocycles. The van der Waals surface area contributed by atoms with Gasteiger partial charge in [-0.15, -0.1) is 0 Å². The molecule has 0 unspecified atom stereocenters. The van der Waals surface area contributed by atoms with Crippen LogP contribution in [0.25, 0.3) is 11.0 Å². The molecule has 0 bridgehead atoms. The molecule has 2 aromatic carbocycles. The summed E-state index contributed by atoms with van der Waals surface area (Å²) in [5.41, 5.74) is 3.65. The lowest BCUT2D eigenvalue weighted by Crippen LogP contribution is -2.49. The minimum atomic E-state index is -0.371. The predicted molar refractivity (Wildman–Crippen MR) is 107 cm³/mol. The van der Waals surface area contributed by atoms with Crippen molar-refractivity contribution in [1.29, 1.82) is 0 Å². The summed E-state index contributed by atoms with van der Waals surface area (Å²) in [4.78, 5) is 20.6. The molecular weight excluding hydrogens is 408 g/mol. The number of alkyl carbamates (subject to hydrolysis) is 1. The number of anilines is 1. The topological polar surface area (TPSA) is 76.1 Å². The Kier molecular flexibility index (Phi) is 5.20. The number of carbonyl (C=O) groups excluding carboxylic acids is 1. The predicted octanol–water partition coefficient (Wildman–Crippen LogP) is 4.26. The van der Waals surface area contributed by atoms with Crippen molar-refractivity contribution in [2.24, 2.45) is 0 Å². The van der Waals surface area contributed by atoms with Gasteiger partial charge in [0.2, 0.25) is 0 Å². The minimum Gasteiger partial charge on any atom is -0.445 e. The fourth-order valence-corrected chi connectivity index (χ4v) is 3.67. The zero-order valence-electron chi connectivity index (χ0n) is 14.6. The van der Waals surface area contributed by atoms with Crippen LogP contribution in [0.1, 0.15) is 18.4 Å². The van der Waals surface area contributed by atoms with Crippen molar-refractivity contribution in [2.45, 2.75) is 31.5 Å². The summed E-state index contributed by atoms with van der Waals surface area (Å²) in [6.45, 7) is 0.284. The highest BCUT2D eigenvalue weighted by molar-refractivity contribution is 9.10. The standard InChI is InChI=1S/C20H19BrN4O2/c21-18-16(6-7-17-19(18)23-9-8-22-17)24-14-10-15(11-14)25-20(26)27-12-13-4-2-1-3-5-13/h1-9,14-15,24H,10-12H2,(H,25,26). The third kappa shape index (κ3) is 4.19. The quantitative estimate of drug-likeness (QED) is 0.637. The monoisotopic (exact) mass is 426 g/mol. The summed E-state index contributed by atoms with van der Waals surface area (Å²) < 4.78 is 6.17. The van der Waals surface area contributed by atoms with Gasteiger partial charge in [-0.1, -0.05) is 30.3 Å². The van der Waals surface area contributed by atoms with Crippen molar-refractivity contribution < 1.29 is 9.53 Å². The number of ether oxygens (including phenoxy) is 1. The van der Waals surface area contributed by atoms with Crippen LogP contribution in [0.4, 0.5) is 10.5 Å². The third-order valence-electron chi connectivity index (χ3n) is 4.61. The molecule has 1 amide bonds. The van der Waals surface area contributed by atoms with E-state index in [0.29, 0.717) is 6.04 Å². The molecule has 0 aliphatic heterocycles. The first-order valence-corrected chi connectivity index (χ1v) is 9.61. The van der Waals surface area contributed by atoms with E-state index in [4.69, 9.17) is 4.74 Å². The highest BCUT2D eigenvalue weighted by atomic mass is 79.9. The molecule has 4 rings (SSSR count). The van der Waals surface area contributed by atoms with E-state index >= 15 is 0 Å². The number of fused-ring (bicyclic) bond motifs is 1. The molecule has 0 spiro atoms. The molecule has 27 heavy (non-hydrogen) atoms. The van der Waals surface area contributed by atoms with Crippen LogP contribution in [0.5, 0.6) is 0 Å². The van der Waals surface area contributed by atoms with Gasteiger partial charge in [0.1, 0.15) is 12.1 Å². The summed E-state index contributed by atoms with van der Waals surface area (Å²) in [6, 6.07) is 14.0. The number of nitrogens with zero attached hydrogens (tertiary/aromatic N) is 2. The van der Waals surface area contributed by atoms with Crippen LogP contribution in [0.15, 0.2) is 59.3 Å². The van der Waals surface area contributed by atoms with E-state index in [9.17, 15) is 4.79 Å². The highest BCUT2D eigenvalue weighted by Crippen LogP contribution is 2.32. The van der Waals surface area contributed by atoms with Gasteiger partial charge in [0.05, 0.1) is 15.7 Å². The number of carbonyl (C=O) groups is 1. The molecule has 1 aromatic heterocycles. The maximum Gasteiger partial charge on any atom is 0.407 e. The van der Waals surface area contributed by atoms with Gasteiger partial charge >= 0.3 is 6.09 Å². The number of halogens is 1. The molecule has 0 atom stereocenters. The third-order valence-corrected chi connectivity index (χ3v) is 5.41. The summed E-state index contributed by atoms with van der Waals surface area (Å²) in [6.07, 6.45) is 4.70. The van der Waals surface area contributed by atoms with Gasteiger partial charge in [0.25, 0.3) is 0 Å². The SMILES string of the molecule is O=C(NC1CC(Nc2ccc3nccnc3c2Br)C1)OCc1ccccc1. The molecule has 2 N–H and O–H groups in total. The number of aromatic nitrogens is 2. The second kappa shape index (κ2) is 7.92. The number of hydrogen-bond donors (Lipinski definition) is 2. The van der Waals surface area contributed by atoms with E-state index in [-0.39, 0.29) is 18.7 Å². The Bertz CT molecular complexity index is 945. The zero-order valence-corrected chi connectivity index (χ0v) is 16.1. The highest BCUT2D eigenvalue weighted by Gasteiger charge is 2.31. The van der Waals surface area contributed by atoms with Crippen molar-refractivity contribution in [3.05, 3.63) is 64.9 Å². The normalized spacial score (nSPS) is 18.6. The van der Waals surface area contributed by atoms with Gasteiger partial charge in [-0.3, -0.25) is 9.97 Å². The molecular formula is C20H19BrN4O2. The number of rotatable bonds is 5. The number of benzene rings is 2. The smallest absolute Gasteiger partial charge is 0.407 e. The summed E-state index contributed by atoms with van der Waals surface area (Å²) in [7, 11) is 0. The largest absolute Gasteiger partial charge is 0.445 e. The lowest BCUT2D eigenvalue weighted by atomic mass is 9.86. The average Bonchev–Trinajstić information content (AvgIpc) is 2.67. The molecule has 3 aromatic rings. The van der Waals surface area contributed by atoms with Gasteiger partial charge in [0.15, 0.2) is 0 Å². The van der Waals surface area contributed by atoms with Gasteiger partial charge in [0, 0.05) is 24.5 Å². The molecule has 0 radical (unpaired) electrons. The van der Waals surface area contributed by atoms with Crippen molar-refractivity contribution in [3.63, 3.8) is 0 Å². The molecule has 1 heterocycles. The van der Waals surface area contributed by atoms with Crippen LogP contribution < -0.4 is 10.6 Å². The molecule has 6 nitrogen and oxygen atoms in total. The van der Waals surface area contributed by atoms with Crippen LogP contribution in [0.3, 0.4) is 0 Å². The van der Waals surface area contributed by atoms with Gasteiger partial charge in [-0.05, 0) is 46.5 Å². The van der Waals surface area contributed by atoms with Crippen LogP contribution in [-0.2, 0) is 11.3 Å². The van der Waals surface area contributed by atoms with E-state index in [0.717, 1.165) is 39.6 Å². The van der Waals surface area contributed by atoms with Crippen molar-refractivity contribution in [1.82, 2.24) is 15.3 Å². The fourth-order valence-electron chi connectivity index (χ4n) is 3.12. The van der Waals surface area contributed by atoms with Crippen LogP contribution in [-0.4, -0.2) is 28.1 Å². The lowest BCUT2D eigenvalue weighted by Gasteiger charge is -2.36. The maximum atomic E-state index is 11.9. The summed E-state index contributed by atoms with van der Waals surface area (Å²) in [5, 5.41) is 6.40. The number of amides is 1. The Morgan fingerprint density at radius 2 is 1.85 bits per heavy atom. The van der Waals surface area contributed by atoms with Crippen LogP contribution in [0, 0.1) is 0 Å². The van der Waals surface area contributed by atoms with E-state index in [2.05, 4.69) is 36.5 Å². The zero-order chi connectivity index (χ0) is 18.6. The summed E-state index contributed by atoms with van der Waals surface area (Å²) in [5.74, 6) is 0. The lowest BCUT2D eigenvalue weighted by molar-refractivity contribution is 0.129. The molecule has 1 aliphatic carbocycles. The van der Waals surface area contributed by atoms with E-state index < -0.39 is 0 Å². The second-order valence-electron chi connectivity index (χ2n) is 6.57. The van der Waals surface area contributed by atoms with Crippen molar-refractivity contribution in [2.75, 3.05) is 5.32 Å². The van der Waals surface area contributed by atoms with E-state index in [1.165, 1.54) is 0 Å². The fraction of sp³-hybridized carbons (Fsp3) is 0.250. The van der Waals surface area contributed by atoms with Crippen LogP contribution >= 0.6 is 15.9 Å². The minimum absolute atomic E-state index is 0.129. The van der Waals surface area contributed by atoms with Crippen molar-refractivity contribution >= 4 is 38.7 Å². The number of hydrogen-bond acceptors (Lipinski definition) is 5. The Labute approximate surface area is 165 Å². The number of nitrogens with one attached hydrogen (secondary N) is 2. The average molecular weight is 427 g/mol. The second-order valence-corrected chi connectivity index (χ2v) is 7.36. The Morgan fingerprint density at radius 3 is 2.67 bits per heavy atom. The first-order valence-electron chi connectivity index (χ1n) is 8.82. The maximum absolute atomic E-state index is 11.9. The molecule has 1 aliphatic rings. The summed E-state index contributed by atoms with van der Waals surface area (Å²) >= 11 is 3.61.